The first kappa shape index (κ1) is 18.4. The lowest BCUT2D eigenvalue weighted by molar-refractivity contribution is -0.908. The van der Waals surface area contributed by atoms with Crippen LogP contribution in [0.5, 0.6) is 5.75 Å². The molecule has 2 aliphatic rings. The Labute approximate surface area is 151 Å². The molecule has 1 aromatic carbocycles. The Balaban J connectivity index is 1.46. The first-order valence-electron chi connectivity index (χ1n) is 9.66. The standard InChI is InChI=1S/C21H31NO3/c1-16-12-17(2)25-21(13-16)18-6-8-20(9-7-18)24-15-19(23)14-22-10-4-3-5-11-22/h6-9,17,19,21,23H,1,3-5,10-15H2,2H3/p+1/t17-,19+,21-/m0/s1. The first-order valence-corrected chi connectivity index (χ1v) is 9.66. The second-order valence-electron chi connectivity index (χ2n) is 7.64. The highest BCUT2D eigenvalue weighted by molar-refractivity contribution is 5.29. The monoisotopic (exact) mass is 346 g/mol. The lowest BCUT2D eigenvalue weighted by atomic mass is 9.95. The normalized spacial score (nSPS) is 26.4. The molecule has 138 valence electrons. The van der Waals surface area contributed by atoms with Crippen molar-refractivity contribution in [2.75, 3.05) is 26.2 Å². The number of hydrogen-bond donors (Lipinski definition) is 2. The number of quaternary nitrogens is 1. The molecule has 3 rings (SSSR count). The van der Waals surface area contributed by atoms with Crippen LogP contribution < -0.4 is 9.64 Å². The summed E-state index contributed by atoms with van der Waals surface area (Å²) in [4.78, 5) is 1.50. The summed E-state index contributed by atoms with van der Waals surface area (Å²) in [6.07, 6.45) is 5.65. The second-order valence-corrected chi connectivity index (χ2v) is 7.64. The van der Waals surface area contributed by atoms with Crippen molar-refractivity contribution in [1.82, 2.24) is 0 Å². The highest BCUT2D eigenvalue weighted by atomic mass is 16.5. The fraction of sp³-hybridized carbons (Fsp3) is 0.619. The van der Waals surface area contributed by atoms with Gasteiger partial charge in [-0.25, -0.2) is 0 Å². The molecule has 2 fully saturated rings. The molecule has 3 atom stereocenters. The minimum absolute atomic E-state index is 0.0959. The predicted octanol–water partition coefficient (Wildman–Crippen LogP) is 2.29. The van der Waals surface area contributed by atoms with E-state index in [1.54, 1.807) is 0 Å². The van der Waals surface area contributed by atoms with Crippen LogP contribution in [-0.2, 0) is 4.74 Å². The molecule has 2 aliphatic heterocycles. The Morgan fingerprint density at radius 2 is 1.92 bits per heavy atom. The zero-order chi connectivity index (χ0) is 17.6. The third-order valence-corrected chi connectivity index (χ3v) is 5.23. The summed E-state index contributed by atoms with van der Waals surface area (Å²) in [5.41, 5.74) is 2.42. The Kier molecular flexibility index (Phi) is 6.51. The molecule has 2 saturated heterocycles. The van der Waals surface area contributed by atoms with Gasteiger partial charge < -0.3 is 19.5 Å². The second kappa shape index (κ2) is 8.84. The maximum atomic E-state index is 10.2. The van der Waals surface area contributed by atoms with Gasteiger partial charge >= 0.3 is 0 Å². The van der Waals surface area contributed by atoms with Crippen LogP contribution in [0.2, 0.25) is 0 Å². The number of hydrogen-bond acceptors (Lipinski definition) is 3. The van der Waals surface area contributed by atoms with Crippen molar-refractivity contribution < 1.29 is 19.5 Å². The summed E-state index contributed by atoms with van der Waals surface area (Å²) < 4.78 is 11.8. The molecule has 0 spiro atoms. The number of aliphatic hydroxyl groups excluding tert-OH is 1. The van der Waals surface area contributed by atoms with E-state index in [4.69, 9.17) is 9.47 Å². The fourth-order valence-corrected chi connectivity index (χ4v) is 3.94. The average molecular weight is 346 g/mol. The van der Waals surface area contributed by atoms with Crippen LogP contribution >= 0.6 is 0 Å². The maximum absolute atomic E-state index is 10.2. The van der Waals surface area contributed by atoms with Crippen molar-refractivity contribution in [2.24, 2.45) is 0 Å². The lowest BCUT2D eigenvalue weighted by Crippen LogP contribution is -3.14. The van der Waals surface area contributed by atoms with E-state index in [0.717, 1.165) is 25.1 Å². The molecule has 2 N–H and O–H groups in total. The SMILES string of the molecule is C=C1C[C@@H](c2ccc(OC[C@H](O)C[NH+]3CCCCC3)cc2)O[C@@H](C)C1. The van der Waals surface area contributed by atoms with Gasteiger partial charge in [-0.3, -0.25) is 0 Å². The first-order chi connectivity index (χ1) is 12.1. The maximum Gasteiger partial charge on any atom is 0.137 e. The summed E-state index contributed by atoms with van der Waals surface area (Å²) in [5, 5.41) is 10.2. The molecule has 2 heterocycles. The van der Waals surface area contributed by atoms with Gasteiger partial charge in [0.05, 0.1) is 25.3 Å². The van der Waals surface area contributed by atoms with E-state index >= 15 is 0 Å². The van der Waals surface area contributed by atoms with Crippen LogP contribution in [0.3, 0.4) is 0 Å². The highest BCUT2D eigenvalue weighted by Gasteiger charge is 2.23. The van der Waals surface area contributed by atoms with E-state index in [2.05, 4.69) is 25.6 Å². The summed E-state index contributed by atoms with van der Waals surface area (Å²) in [5.74, 6) is 0.805. The molecule has 0 saturated carbocycles. The summed E-state index contributed by atoms with van der Waals surface area (Å²) in [7, 11) is 0. The molecule has 0 aliphatic carbocycles. The van der Waals surface area contributed by atoms with Crippen LogP contribution in [0.1, 0.15) is 50.7 Å². The molecule has 0 bridgehead atoms. The van der Waals surface area contributed by atoms with E-state index in [0.29, 0.717) is 6.61 Å². The van der Waals surface area contributed by atoms with E-state index < -0.39 is 6.10 Å². The lowest BCUT2D eigenvalue weighted by Gasteiger charge is -2.29. The van der Waals surface area contributed by atoms with E-state index in [-0.39, 0.29) is 12.2 Å². The van der Waals surface area contributed by atoms with Crippen molar-refractivity contribution in [1.29, 1.82) is 0 Å². The van der Waals surface area contributed by atoms with Crippen molar-refractivity contribution in [3.63, 3.8) is 0 Å². The van der Waals surface area contributed by atoms with Gasteiger partial charge in [0.25, 0.3) is 0 Å². The zero-order valence-corrected chi connectivity index (χ0v) is 15.4. The minimum atomic E-state index is -0.404. The van der Waals surface area contributed by atoms with Crippen molar-refractivity contribution in [3.05, 3.63) is 42.0 Å². The third kappa shape index (κ3) is 5.56. The van der Waals surface area contributed by atoms with E-state index in [1.165, 1.54) is 48.4 Å². The van der Waals surface area contributed by atoms with Crippen molar-refractivity contribution >= 4 is 0 Å². The zero-order valence-electron chi connectivity index (χ0n) is 15.4. The Morgan fingerprint density at radius 1 is 1.20 bits per heavy atom. The van der Waals surface area contributed by atoms with Crippen LogP contribution in [0.25, 0.3) is 0 Å². The summed E-state index contributed by atoms with van der Waals surface area (Å²) in [6.45, 7) is 9.72. The number of benzene rings is 1. The van der Waals surface area contributed by atoms with Gasteiger partial charge in [0.1, 0.15) is 25.0 Å². The predicted molar refractivity (Wildman–Crippen MR) is 99.0 cm³/mol. The largest absolute Gasteiger partial charge is 0.491 e. The molecular formula is C21H32NO3+. The molecule has 4 nitrogen and oxygen atoms in total. The Bertz CT molecular complexity index is 551. The van der Waals surface area contributed by atoms with Crippen LogP contribution in [0.4, 0.5) is 0 Å². The average Bonchev–Trinajstić information content (AvgIpc) is 2.60. The Morgan fingerprint density at radius 3 is 2.60 bits per heavy atom. The minimum Gasteiger partial charge on any atom is -0.491 e. The molecule has 1 aromatic rings. The number of rotatable bonds is 6. The van der Waals surface area contributed by atoms with Gasteiger partial charge in [-0.05, 0) is 56.7 Å². The summed E-state index contributed by atoms with van der Waals surface area (Å²) >= 11 is 0. The van der Waals surface area contributed by atoms with E-state index in [1.807, 2.05) is 12.1 Å². The van der Waals surface area contributed by atoms with Gasteiger partial charge in [-0.2, -0.15) is 0 Å². The quantitative estimate of drug-likeness (QED) is 0.777. The smallest absolute Gasteiger partial charge is 0.137 e. The number of ether oxygens (including phenoxy) is 2. The van der Waals surface area contributed by atoms with Gasteiger partial charge in [0, 0.05) is 0 Å². The molecule has 4 heteroatoms. The third-order valence-electron chi connectivity index (χ3n) is 5.23. The molecule has 0 amide bonds. The molecule has 0 unspecified atom stereocenters. The fourth-order valence-electron chi connectivity index (χ4n) is 3.94. The van der Waals surface area contributed by atoms with E-state index in [9.17, 15) is 5.11 Å². The topological polar surface area (TPSA) is 43.1 Å². The van der Waals surface area contributed by atoms with Gasteiger partial charge in [-0.1, -0.05) is 24.3 Å². The highest BCUT2D eigenvalue weighted by Crippen LogP contribution is 2.34. The van der Waals surface area contributed by atoms with Crippen LogP contribution in [0, 0.1) is 0 Å². The number of nitrogens with one attached hydrogen (secondary N) is 1. The molecule has 25 heavy (non-hydrogen) atoms. The van der Waals surface area contributed by atoms with Crippen LogP contribution in [0.15, 0.2) is 36.4 Å². The Hall–Kier alpha value is -1.36. The molecular weight excluding hydrogens is 314 g/mol. The number of piperidine rings is 1. The number of likely N-dealkylation sites (tertiary alicyclic amines) is 1. The summed E-state index contributed by atoms with van der Waals surface area (Å²) in [6, 6.07) is 8.07. The van der Waals surface area contributed by atoms with Crippen molar-refractivity contribution in [2.45, 2.75) is 57.3 Å². The molecule has 0 radical (unpaired) electrons. The van der Waals surface area contributed by atoms with Crippen molar-refractivity contribution in [3.8, 4) is 5.75 Å². The number of aliphatic hydroxyl groups is 1. The van der Waals surface area contributed by atoms with Gasteiger partial charge in [-0.15, -0.1) is 0 Å². The molecule has 0 aromatic heterocycles. The van der Waals surface area contributed by atoms with Crippen LogP contribution in [-0.4, -0.2) is 43.6 Å². The van der Waals surface area contributed by atoms with Gasteiger partial charge in [0.15, 0.2) is 0 Å². The van der Waals surface area contributed by atoms with Gasteiger partial charge in [0.2, 0.25) is 0 Å².